The molecule has 2 heterocycles. The molecule has 0 bridgehead atoms. The van der Waals surface area contributed by atoms with Crippen LogP contribution in [0.25, 0.3) is 5.69 Å². The Hall–Kier alpha value is -3.39. The maximum Gasteiger partial charge on any atom is 0.350 e. The molecule has 4 rings (SSSR count). The molecule has 2 unspecified atom stereocenters. The third-order valence-corrected chi connectivity index (χ3v) is 6.67. The van der Waals surface area contributed by atoms with E-state index >= 15 is 0 Å². The summed E-state index contributed by atoms with van der Waals surface area (Å²) in [7, 11) is 0. The van der Waals surface area contributed by atoms with Gasteiger partial charge in [-0.25, -0.2) is 14.0 Å². The fraction of sp³-hybridized carbons (Fsp3) is 0.444. The largest absolute Gasteiger partial charge is 0.369 e. The third kappa shape index (κ3) is 5.48. The smallest absolute Gasteiger partial charge is 0.350 e. The van der Waals surface area contributed by atoms with Gasteiger partial charge in [0.2, 0.25) is 5.91 Å². The Morgan fingerprint density at radius 2 is 1.57 bits per heavy atom. The lowest BCUT2D eigenvalue weighted by Gasteiger charge is -2.40. The van der Waals surface area contributed by atoms with Crippen LogP contribution in [-0.2, 0) is 4.79 Å². The minimum atomic E-state index is -0.294. The number of piperazine rings is 1. The van der Waals surface area contributed by atoms with Gasteiger partial charge in [0, 0.05) is 37.9 Å². The van der Waals surface area contributed by atoms with Crippen molar-refractivity contribution < 1.29 is 4.79 Å². The number of anilines is 1. The van der Waals surface area contributed by atoms with Crippen LogP contribution >= 0.6 is 0 Å². The average molecular weight is 477 g/mol. The van der Waals surface area contributed by atoms with Crippen molar-refractivity contribution in [1.82, 2.24) is 24.6 Å². The number of nitrogens with one attached hydrogen (secondary N) is 1. The topological polar surface area (TPSA) is 75.4 Å². The fourth-order valence-electron chi connectivity index (χ4n) is 4.56. The van der Waals surface area contributed by atoms with Gasteiger partial charge < -0.3 is 10.2 Å². The minimum absolute atomic E-state index is 0.0485. The first kappa shape index (κ1) is 24.7. The van der Waals surface area contributed by atoms with Crippen molar-refractivity contribution in [3.63, 3.8) is 0 Å². The molecule has 35 heavy (non-hydrogen) atoms. The van der Waals surface area contributed by atoms with E-state index in [0.29, 0.717) is 0 Å². The number of carbonyl (C=O) groups excluding carboxylic acids is 1. The summed E-state index contributed by atoms with van der Waals surface area (Å²) in [6.45, 7) is 11.2. The molecular formula is C27H36N6O2. The van der Waals surface area contributed by atoms with E-state index in [4.69, 9.17) is 0 Å². The van der Waals surface area contributed by atoms with Crippen molar-refractivity contribution in [2.24, 2.45) is 0 Å². The molecule has 0 aliphatic carbocycles. The van der Waals surface area contributed by atoms with E-state index < -0.39 is 0 Å². The molecule has 1 aromatic heterocycles. The maximum atomic E-state index is 13.1. The van der Waals surface area contributed by atoms with Gasteiger partial charge in [-0.1, -0.05) is 37.3 Å². The van der Waals surface area contributed by atoms with Crippen LogP contribution in [0.4, 0.5) is 5.69 Å². The van der Waals surface area contributed by atoms with E-state index in [1.54, 1.807) is 10.9 Å². The predicted octanol–water partition coefficient (Wildman–Crippen LogP) is 3.39. The zero-order chi connectivity index (χ0) is 24.9. The van der Waals surface area contributed by atoms with Crippen LogP contribution in [0.5, 0.6) is 0 Å². The average Bonchev–Trinajstić information content (AvgIpc) is 3.25. The molecule has 0 spiro atoms. The van der Waals surface area contributed by atoms with Gasteiger partial charge in [0.15, 0.2) is 0 Å². The molecular weight excluding hydrogens is 440 g/mol. The molecule has 1 N–H and O–H groups in total. The molecule has 0 saturated carbocycles. The molecule has 1 aliphatic heterocycles. The Kier molecular flexibility index (Phi) is 7.70. The summed E-state index contributed by atoms with van der Waals surface area (Å²) in [5.74, 6) is 0.0485. The van der Waals surface area contributed by atoms with E-state index in [1.165, 1.54) is 4.68 Å². The molecule has 3 aromatic rings. The highest BCUT2D eigenvalue weighted by atomic mass is 16.2. The number of nitrogens with zero attached hydrogens (tertiary/aromatic N) is 5. The van der Waals surface area contributed by atoms with Crippen LogP contribution in [0.15, 0.2) is 65.7 Å². The van der Waals surface area contributed by atoms with E-state index in [0.717, 1.165) is 49.5 Å². The monoisotopic (exact) mass is 476 g/mol. The number of aromatic nitrogens is 3. The lowest BCUT2D eigenvalue weighted by molar-refractivity contribution is -0.127. The molecule has 1 fully saturated rings. The van der Waals surface area contributed by atoms with Crippen molar-refractivity contribution in [3.05, 3.63) is 77.0 Å². The summed E-state index contributed by atoms with van der Waals surface area (Å²) in [5, 5.41) is 7.37. The van der Waals surface area contributed by atoms with Gasteiger partial charge >= 0.3 is 5.69 Å². The van der Waals surface area contributed by atoms with Gasteiger partial charge in [-0.2, -0.15) is 5.10 Å². The quantitative estimate of drug-likeness (QED) is 0.539. The van der Waals surface area contributed by atoms with Gasteiger partial charge in [0.05, 0.1) is 11.7 Å². The highest BCUT2D eigenvalue weighted by Gasteiger charge is 2.30. The van der Waals surface area contributed by atoms with E-state index in [-0.39, 0.29) is 29.7 Å². The standard InChI is InChI=1S/C27H36N6O2/c1-5-21(4)33-27(35)32(19-28-33)24-13-11-23(12-14-24)30-15-17-31(18-16-30)25(26(34)29-20(2)3)22-9-7-6-8-10-22/h6-14,19-21,25H,5,15-18H2,1-4H3,(H,29,34). The lowest BCUT2D eigenvalue weighted by atomic mass is 10.0. The van der Waals surface area contributed by atoms with Gasteiger partial charge in [-0.05, 0) is 57.0 Å². The van der Waals surface area contributed by atoms with Gasteiger partial charge in [0.25, 0.3) is 0 Å². The number of amides is 1. The van der Waals surface area contributed by atoms with Crippen LogP contribution < -0.4 is 15.9 Å². The van der Waals surface area contributed by atoms with Crippen molar-refractivity contribution in [2.45, 2.75) is 52.2 Å². The van der Waals surface area contributed by atoms with E-state index in [1.807, 2.05) is 70.2 Å². The van der Waals surface area contributed by atoms with Crippen LogP contribution in [0, 0.1) is 0 Å². The predicted molar refractivity (Wildman–Crippen MR) is 139 cm³/mol. The molecule has 1 aliphatic rings. The molecule has 0 radical (unpaired) electrons. The van der Waals surface area contributed by atoms with Crippen molar-refractivity contribution >= 4 is 11.6 Å². The first-order valence-electron chi connectivity index (χ1n) is 12.5. The molecule has 8 nitrogen and oxygen atoms in total. The number of hydrogen-bond donors (Lipinski definition) is 1. The number of hydrogen-bond acceptors (Lipinski definition) is 5. The molecule has 8 heteroatoms. The number of carbonyl (C=O) groups is 1. The Morgan fingerprint density at radius 3 is 2.17 bits per heavy atom. The SMILES string of the molecule is CCC(C)n1ncn(-c2ccc(N3CCN(C(C(=O)NC(C)C)c4ccccc4)CC3)cc2)c1=O. The zero-order valence-corrected chi connectivity index (χ0v) is 21.1. The third-order valence-electron chi connectivity index (χ3n) is 6.67. The van der Waals surface area contributed by atoms with Crippen molar-refractivity contribution in [2.75, 3.05) is 31.1 Å². The van der Waals surface area contributed by atoms with Crippen LogP contribution in [-0.4, -0.2) is 57.4 Å². The molecule has 186 valence electrons. The van der Waals surface area contributed by atoms with Crippen molar-refractivity contribution in [3.8, 4) is 5.69 Å². The summed E-state index contributed by atoms with van der Waals surface area (Å²) in [4.78, 5) is 30.4. The summed E-state index contributed by atoms with van der Waals surface area (Å²) in [5.41, 5.74) is 2.82. The summed E-state index contributed by atoms with van der Waals surface area (Å²) < 4.78 is 3.12. The van der Waals surface area contributed by atoms with Crippen molar-refractivity contribution in [1.29, 1.82) is 0 Å². The van der Waals surface area contributed by atoms with Crippen LogP contribution in [0.3, 0.4) is 0 Å². The first-order chi connectivity index (χ1) is 16.9. The highest BCUT2D eigenvalue weighted by molar-refractivity contribution is 5.83. The first-order valence-corrected chi connectivity index (χ1v) is 12.5. The highest BCUT2D eigenvalue weighted by Crippen LogP contribution is 2.25. The number of benzene rings is 2. The summed E-state index contributed by atoms with van der Waals surface area (Å²) in [6.07, 6.45) is 2.44. The maximum absolute atomic E-state index is 13.1. The Morgan fingerprint density at radius 1 is 0.943 bits per heavy atom. The molecule has 1 amide bonds. The van der Waals surface area contributed by atoms with Crippen LogP contribution in [0.1, 0.15) is 51.8 Å². The van der Waals surface area contributed by atoms with Gasteiger partial charge in [-0.3, -0.25) is 9.69 Å². The second kappa shape index (κ2) is 10.9. The Balaban J connectivity index is 1.45. The van der Waals surface area contributed by atoms with Crippen LogP contribution in [0.2, 0.25) is 0 Å². The molecule has 1 saturated heterocycles. The lowest BCUT2D eigenvalue weighted by Crippen LogP contribution is -2.51. The fourth-order valence-corrected chi connectivity index (χ4v) is 4.56. The molecule has 2 aromatic carbocycles. The number of rotatable bonds is 8. The van der Waals surface area contributed by atoms with Gasteiger partial charge in [-0.15, -0.1) is 0 Å². The second-order valence-corrected chi connectivity index (χ2v) is 9.50. The Labute approximate surface area is 207 Å². The molecule has 2 atom stereocenters. The summed E-state index contributed by atoms with van der Waals surface area (Å²) >= 11 is 0. The normalized spacial score (nSPS) is 16.3. The minimum Gasteiger partial charge on any atom is -0.369 e. The zero-order valence-electron chi connectivity index (χ0n) is 21.1. The van der Waals surface area contributed by atoms with Gasteiger partial charge in [0.1, 0.15) is 12.4 Å². The summed E-state index contributed by atoms with van der Waals surface area (Å²) in [6, 6.07) is 17.9. The Bertz CT molecular complexity index is 1160. The second-order valence-electron chi connectivity index (χ2n) is 9.50. The van der Waals surface area contributed by atoms with E-state index in [9.17, 15) is 9.59 Å². The van der Waals surface area contributed by atoms with E-state index in [2.05, 4.69) is 32.3 Å².